The van der Waals surface area contributed by atoms with Crippen molar-refractivity contribution in [2.45, 2.75) is 6.04 Å². The summed E-state index contributed by atoms with van der Waals surface area (Å²) in [6.07, 6.45) is 0. The van der Waals surface area contributed by atoms with Gasteiger partial charge in [0.25, 0.3) is 0 Å². The summed E-state index contributed by atoms with van der Waals surface area (Å²) in [7, 11) is 2.20. The Kier molecular flexibility index (Phi) is 6.25. The molecule has 0 saturated carbocycles. The molecule has 1 N–H and O–H groups in total. The third-order valence-electron chi connectivity index (χ3n) is 2.81. The van der Waals surface area contributed by atoms with Gasteiger partial charge < -0.3 is 10.2 Å². The molecule has 0 aromatic heterocycles. The molecule has 2 rings (SSSR count). The van der Waals surface area contributed by atoms with Crippen molar-refractivity contribution < 1.29 is 0 Å². The summed E-state index contributed by atoms with van der Waals surface area (Å²) >= 11 is 0. The van der Waals surface area contributed by atoms with Crippen LogP contribution in [0.3, 0.4) is 0 Å². The van der Waals surface area contributed by atoms with E-state index in [-0.39, 0.29) is 24.8 Å². The van der Waals surface area contributed by atoms with E-state index in [4.69, 9.17) is 0 Å². The van der Waals surface area contributed by atoms with Crippen molar-refractivity contribution in [3.8, 4) is 0 Å². The predicted octanol–water partition coefficient (Wildman–Crippen LogP) is 0.0492. The van der Waals surface area contributed by atoms with E-state index in [9.17, 15) is 0 Å². The maximum atomic E-state index is 3.31. The van der Waals surface area contributed by atoms with Crippen LogP contribution in [0.1, 0.15) is 0 Å². The van der Waals surface area contributed by atoms with Crippen LogP contribution >= 0.6 is 24.8 Å². The second kappa shape index (κ2) is 6.04. The molecule has 0 aliphatic carbocycles. The summed E-state index contributed by atoms with van der Waals surface area (Å²) in [5.74, 6) is 0. The fourth-order valence-corrected chi connectivity index (χ4v) is 1.72. The van der Waals surface area contributed by atoms with E-state index in [0.29, 0.717) is 0 Å². The Hall–Kier alpha value is 0.460. The first-order valence-electron chi connectivity index (χ1n) is 4.49. The maximum Gasteiger partial charge on any atom is 0.0346 e. The van der Waals surface area contributed by atoms with Crippen molar-refractivity contribution in [1.29, 1.82) is 0 Å². The molecular weight excluding hydrogens is 209 g/mol. The minimum Gasteiger partial charge on any atom is -0.314 e. The molecule has 0 atom stereocenters. The summed E-state index contributed by atoms with van der Waals surface area (Å²) in [4.78, 5) is 5.01. The number of rotatable bonds is 1. The maximum absolute atomic E-state index is 3.31. The van der Waals surface area contributed by atoms with Gasteiger partial charge in [-0.1, -0.05) is 0 Å². The van der Waals surface area contributed by atoms with Crippen LogP contribution in [-0.4, -0.2) is 62.2 Å². The summed E-state index contributed by atoms with van der Waals surface area (Å²) in [5.41, 5.74) is 0. The molecule has 2 heterocycles. The second-order valence-electron chi connectivity index (χ2n) is 3.65. The van der Waals surface area contributed by atoms with E-state index >= 15 is 0 Å². The van der Waals surface area contributed by atoms with E-state index in [2.05, 4.69) is 22.2 Å². The number of hydrogen-bond acceptors (Lipinski definition) is 3. The lowest BCUT2D eigenvalue weighted by molar-refractivity contribution is 0.0844. The average molecular weight is 228 g/mol. The Morgan fingerprint density at radius 2 is 1.54 bits per heavy atom. The number of piperazine rings is 1. The largest absolute Gasteiger partial charge is 0.314 e. The quantitative estimate of drug-likeness (QED) is 0.684. The van der Waals surface area contributed by atoms with Gasteiger partial charge in [0.15, 0.2) is 0 Å². The van der Waals surface area contributed by atoms with Crippen molar-refractivity contribution in [3.63, 3.8) is 0 Å². The Labute approximate surface area is 92.7 Å². The highest BCUT2D eigenvalue weighted by Gasteiger charge is 2.26. The minimum absolute atomic E-state index is 0. The van der Waals surface area contributed by atoms with Crippen molar-refractivity contribution in [3.05, 3.63) is 0 Å². The molecule has 3 nitrogen and oxygen atoms in total. The van der Waals surface area contributed by atoms with Crippen LogP contribution in [0.15, 0.2) is 0 Å². The molecule has 5 heteroatoms. The third kappa shape index (κ3) is 3.26. The van der Waals surface area contributed by atoms with Crippen LogP contribution in [0.5, 0.6) is 0 Å². The fraction of sp³-hybridized carbons (Fsp3) is 1.00. The van der Waals surface area contributed by atoms with Gasteiger partial charge in [0.2, 0.25) is 0 Å². The molecule has 2 aliphatic heterocycles. The zero-order valence-electron chi connectivity index (χ0n) is 8.03. The van der Waals surface area contributed by atoms with Gasteiger partial charge in [0.05, 0.1) is 0 Å². The molecular formula is C8H19Cl2N3. The zero-order valence-corrected chi connectivity index (χ0v) is 9.66. The van der Waals surface area contributed by atoms with E-state index in [1.165, 1.54) is 39.3 Å². The van der Waals surface area contributed by atoms with E-state index in [0.717, 1.165) is 6.04 Å². The molecule has 0 unspecified atom stereocenters. The first kappa shape index (κ1) is 13.5. The molecule has 0 spiro atoms. The van der Waals surface area contributed by atoms with Crippen molar-refractivity contribution in [2.24, 2.45) is 0 Å². The number of likely N-dealkylation sites (N-methyl/N-ethyl adjacent to an activating group) is 1. The van der Waals surface area contributed by atoms with E-state index in [1.807, 2.05) is 0 Å². The Balaban J connectivity index is 0.000000720. The van der Waals surface area contributed by atoms with Crippen LogP contribution < -0.4 is 5.32 Å². The first-order chi connectivity index (χ1) is 5.36. The van der Waals surface area contributed by atoms with Crippen LogP contribution in [0, 0.1) is 0 Å². The van der Waals surface area contributed by atoms with Crippen LogP contribution in [0.4, 0.5) is 0 Å². The zero-order chi connectivity index (χ0) is 7.68. The van der Waals surface area contributed by atoms with Crippen LogP contribution in [0.25, 0.3) is 0 Å². The normalized spacial score (nSPS) is 25.6. The van der Waals surface area contributed by atoms with E-state index in [1.54, 1.807) is 0 Å². The lowest BCUT2D eigenvalue weighted by Gasteiger charge is -2.42. The molecule has 13 heavy (non-hydrogen) atoms. The Morgan fingerprint density at radius 3 is 1.92 bits per heavy atom. The van der Waals surface area contributed by atoms with Crippen molar-refractivity contribution in [1.82, 2.24) is 15.1 Å². The van der Waals surface area contributed by atoms with E-state index < -0.39 is 0 Å². The lowest BCUT2D eigenvalue weighted by Crippen LogP contribution is -2.61. The predicted molar refractivity (Wildman–Crippen MR) is 60.2 cm³/mol. The summed E-state index contributed by atoms with van der Waals surface area (Å²) < 4.78 is 0. The molecule has 0 bridgehead atoms. The smallest absolute Gasteiger partial charge is 0.0346 e. The molecule has 0 aromatic carbocycles. The van der Waals surface area contributed by atoms with Gasteiger partial charge in [0.1, 0.15) is 0 Å². The summed E-state index contributed by atoms with van der Waals surface area (Å²) in [6, 6.07) is 0.851. The summed E-state index contributed by atoms with van der Waals surface area (Å²) in [5, 5.41) is 3.31. The molecule has 2 saturated heterocycles. The number of nitrogens with zero attached hydrogens (tertiary/aromatic N) is 2. The van der Waals surface area contributed by atoms with Gasteiger partial charge in [-0.15, -0.1) is 24.8 Å². The summed E-state index contributed by atoms with van der Waals surface area (Å²) in [6.45, 7) is 7.45. The average Bonchev–Trinajstić information content (AvgIpc) is 1.90. The number of hydrogen-bond donors (Lipinski definition) is 1. The SMILES string of the molecule is CN1CCN(C2CNC2)CC1.Cl.Cl. The highest BCUT2D eigenvalue weighted by Crippen LogP contribution is 2.07. The lowest BCUT2D eigenvalue weighted by atomic mass is 10.1. The first-order valence-corrected chi connectivity index (χ1v) is 4.49. The third-order valence-corrected chi connectivity index (χ3v) is 2.81. The molecule has 80 valence electrons. The van der Waals surface area contributed by atoms with Gasteiger partial charge in [-0.25, -0.2) is 0 Å². The second-order valence-corrected chi connectivity index (χ2v) is 3.65. The molecule has 0 aromatic rings. The van der Waals surface area contributed by atoms with Gasteiger partial charge in [-0.3, -0.25) is 4.90 Å². The molecule has 2 aliphatic rings. The van der Waals surface area contributed by atoms with Gasteiger partial charge in [-0.05, 0) is 7.05 Å². The minimum atomic E-state index is 0. The molecule has 2 fully saturated rings. The highest BCUT2D eigenvalue weighted by atomic mass is 35.5. The number of halogens is 2. The number of nitrogens with one attached hydrogen (secondary N) is 1. The molecule has 0 radical (unpaired) electrons. The van der Waals surface area contributed by atoms with Gasteiger partial charge >= 0.3 is 0 Å². The highest BCUT2D eigenvalue weighted by molar-refractivity contribution is 5.85. The monoisotopic (exact) mass is 227 g/mol. The van der Waals surface area contributed by atoms with Gasteiger partial charge in [-0.2, -0.15) is 0 Å². The Morgan fingerprint density at radius 1 is 1.00 bits per heavy atom. The van der Waals surface area contributed by atoms with Crippen molar-refractivity contribution >= 4 is 24.8 Å². The topological polar surface area (TPSA) is 18.5 Å². The molecule has 0 amide bonds. The van der Waals surface area contributed by atoms with Crippen LogP contribution in [0.2, 0.25) is 0 Å². The standard InChI is InChI=1S/C8H17N3.2ClH/c1-10-2-4-11(5-3-10)8-6-9-7-8;;/h8-9H,2-7H2,1H3;2*1H. The van der Waals surface area contributed by atoms with Crippen LogP contribution in [-0.2, 0) is 0 Å². The Bertz CT molecular complexity index is 133. The van der Waals surface area contributed by atoms with Gasteiger partial charge in [0, 0.05) is 45.3 Å². The van der Waals surface area contributed by atoms with Crippen molar-refractivity contribution in [2.75, 3.05) is 46.3 Å². The fourth-order valence-electron chi connectivity index (χ4n) is 1.72.